The van der Waals surface area contributed by atoms with Crippen LogP contribution >= 0.6 is 15.9 Å². The number of carbonyl (C=O) groups excluding carboxylic acids is 1. The Hall–Kier alpha value is -2.99. The van der Waals surface area contributed by atoms with E-state index in [4.69, 9.17) is 4.52 Å². The Labute approximate surface area is 164 Å². The molecule has 0 fully saturated rings. The second kappa shape index (κ2) is 7.72. The van der Waals surface area contributed by atoms with Crippen molar-refractivity contribution < 1.29 is 9.32 Å². The van der Waals surface area contributed by atoms with Gasteiger partial charge in [-0.05, 0) is 35.0 Å². The van der Waals surface area contributed by atoms with E-state index in [0.29, 0.717) is 18.1 Å². The second-order valence-corrected chi connectivity index (χ2v) is 7.01. The summed E-state index contributed by atoms with van der Waals surface area (Å²) >= 11 is 3.37. The van der Waals surface area contributed by atoms with Crippen LogP contribution in [0.2, 0.25) is 0 Å². The highest BCUT2D eigenvalue weighted by Gasteiger charge is 2.13. The third kappa shape index (κ3) is 4.06. The number of nitrogens with zero attached hydrogens (tertiary/aromatic N) is 2. The van der Waals surface area contributed by atoms with Crippen LogP contribution in [-0.2, 0) is 11.2 Å². The van der Waals surface area contributed by atoms with E-state index in [2.05, 4.69) is 31.4 Å². The Kier molecular flexibility index (Phi) is 4.98. The van der Waals surface area contributed by atoms with Crippen LogP contribution in [0.1, 0.15) is 12.3 Å². The third-order valence-corrected chi connectivity index (χ3v) is 4.72. The fourth-order valence-electron chi connectivity index (χ4n) is 2.86. The molecular weight excluding hydrogens is 406 g/mol. The lowest BCUT2D eigenvalue weighted by atomic mass is 10.0. The number of benzene rings is 3. The van der Waals surface area contributed by atoms with Gasteiger partial charge in [0.25, 0.3) is 0 Å². The number of anilines is 1. The van der Waals surface area contributed by atoms with Crippen molar-refractivity contribution in [3.63, 3.8) is 0 Å². The molecule has 5 nitrogen and oxygen atoms in total. The fourth-order valence-corrected chi connectivity index (χ4v) is 3.13. The maximum Gasteiger partial charge on any atom is 0.227 e. The van der Waals surface area contributed by atoms with Gasteiger partial charge in [-0.25, -0.2) is 0 Å². The Balaban J connectivity index is 1.43. The molecule has 0 aliphatic carbocycles. The first kappa shape index (κ1) is 17.4. The van der Waals surface area contributed by atoms with Gasteiger partial charge in [-0.1, -0.05) is 63.6 Å². The van der Waals surface area contributed by atoms with Crippen LogP contribution in [0.4, 0.5) is 5.69 Å². The summed E-state index contributed by atoms with van der Waals surface area (Å²) in [6.07, 6.45) is 0.660. The average molecular weight is 422 g/mol. The first-order valence-corrected chi connectivity index (χ1v) is 9.34. The molecule has 0 atom stereocenters. The molecule has 6 heteroatoms. The minimum Gasteiger partial charge on any atom is -0.339 e. The second-order valence-electron chi connectivity index (χ2n) is 6.09. The van der Waals surface area contributed by atoms with Crippen LogP contribution in [0.5, 0.6) is 0 Å². The van der Waals surface area contributed by atoms with Crippen molar-refractivity contribution in [3.8, 4) is 11.4 Å². The van der Waals surface area contributed by atoms with Gasteiger partial charge in [0, 0.05) is 28.6 Å². The molecule has 1 N–H and O–H groups in total. The minimum absolute atomic E-state index is 0.0952. The number of hydrogen-bond acceptors (Lipinski definition) is 4. The zero-order chi connectivity index (χ0) is 18.6. The number of carbonyl (C=O) groups is 1. The van der Waals surface area contributed by atoms with Crippen molar-refractivity contribution in [2.45, 2.75) is 12.8 Å². The Morgan fingerprint density at radius 2 is 1.78 bits per heavy atom. The number of nitrogens with one attached hydrogen (secondary N) is 1. The monoisotopic (exact) mass is 421 g/mol. The summed E-state index contributed by atoms with van der Waals surface area (Å²) in [5.74, 6) is 0.890. The molecule has 3 aromatic carbocycles. The van der Waals surface area contributed by atoms with E-state index >= 15 is 0 Å². The van der Waals surface area contributed by atoms with Gasteiger partial charge in [-0.2, -0.15) is 4.98 Å². The molecule has 4 aromatic rings. The summed E-state index contributed by atoms with van der Waals surface area (Å²) < 4.78 is 6.30. The summed E-state index contributed by atoms with van der Waals surface area (Å²) in [7, 11) is 0. The number of aryl methyl sites for hydroxylation is 1. The molecule has 0 aliphatic heterocycles. The SMILES string of the molecule is O=C(CCc1nc(-c2cccc3ccccc23)no1)Nc1ccc(Br)cc1. The number of aromatic nitrogens is 2. The van der Waals surface area contributed by atoms with Crippen molar-refractivity contribution >= 4 is 38.3 Å². The number of hydrogen-bond donors (Lipinski definition) is 1. The van der Waals surface area contributed by atoms with Crippen LogP contribution < -0.4 is 5.32 Å². The van der Waals surface area contributed by atoms with E-state index in [0.717, 1.165) is 26.5 Å². The van der Waals surface area contributed by atoms with Crippen LogP contribution in [-0.4, -0.2) is 16.0 Å². The lowest BCUT2D eigenvalue weighted by molar-refractivity contribution is -0.116. The first-order chi connectivity index (χ1) is 13.2. The van der Waals surface area contributed by atoms with Gasteiger partial charge < -0.3 is 9.84 Å². The van der Waals surface area contributed by atoms with Crippen LogP contribution in [0.15, 0.2) is 75.7 Å². The van der Waals surface area contributed by atoms with Crippen molar-refractivity contribution in [2.24, 2.45) is 0 Å². The van der Waals surface area contributed by atoms with Crippen LogP contribution in [0.25, 0.3) is 22.2 Å². The molecule has 1 aromatic heterocycles. The Morgan fingerprint density at radius 3 is 2.63 bits per heavy atom. The molecule has 0 saturated carbocycles. The summed E-state index contributed by atoms with van der Waals surface area (Å²) in [6.45, 7) is 0. The molecule has 0 radical (unpaired) electrons. The predicted molar refractivity (Wildman–Crippen MR) is 108 cm³/mol. The van der Waals surface area contributed by atoms with E-state index in [-0.39, 0.29) is 12.3 Å². The average Bonchev–Trinajstić information content (AvgIpc) is 3.17. The van der Waals surface area contributed by atoms with E-state index in [1.54, 1.807) is 0 Å². The largest absolute Gasteiger partial charge is 0.339 e. The number of halogens is 1. The van der Waals surface area contributed by atoms with Crippen molar-refractivity contribution in [3.05, 3.63) is 77.1 Å². The van der Waals surface area contributed by atoms with E-state index in [9.17, 15) is 4.79 Å². The molecule has 0 aliphatic rings. The summed E-state index contributed by atoms with van der Waals surface area (Å²) in [5, 5.41) is 9.13. The van der Waals surface area contributed by atoms with Gasteiger partial charge in [0.15, 0.2) is 0 Å². The molecule has 1 heterocycles. The van der Waals surface area contributed by atoms with Gasteiger partial charge in [0.05, 0.1) is 0 Å². The highest BCUT2D eigenvalue weighted by atomic mass is 79.9. The standard InChI is InChI=1S/C21H16BrN3O2/c22-15-8-10-16(11-9-15)23-19(26)12-13-20-24-21(25-27-20)18-7-3-5-14-4-1-2-6-17(14)18/h1-11H,12-13H2,(H,23,26). The van der Waals surface area contributed by atoms with E-state index < -0.39 is 0 Å². The number of rotatable bonds is 5. The topological polar surface area (TPSA) is 68.0 Å². The van der Waals surface area contributed by atoms with Crippen LogP contribution in [0.3, 0.4) is 0 Å². The number of amides is 1. The smallest absolute Gasteiger partial charge is 0.227 e. The Morgan fingerprint density at radius 1 is 1.00 bits per heavy atom. The van der Waals surface area contributed by atoms with Crippen LogP contribution in [0, 0.1) is 0 Å². The molecule has 4 rings (SSSR count). The molecule has 27 heavy (non-hydrogen) atoms. The molecule has 0 unspecified atom stereocenters. The van der Waals surface area contributed by atoms with Crippen molar-refractivity contribution in [1.29, 1.82) is 0 Å². The van der Waals surface area contributed by atoms with E-state index in [1.165, 1.54) is 0 Å². The lowest BCUT2D eigenvalue weighted by Gasteiger charge is -2.03. The van der Waals surface area contributed by atoms with E-state index in [1.807, 2.05) is 66.7 Å². The van der Waals surface area contributed by atoms with Gasteiger partial charge >= 0.3 is 0 Å². The fraction of sp³-hybridized carbons (Fsp3) is 0.0952. The maximum absolute atomic E-state index is 12.1. The summed E-state index contributed by atoms with van der Waals surface area (Å²) in [6, 6.07) is 21.5. The molecule has 0 bridgehead atoms. The molecular formula is C21H16BrN3O2. The molecule has 1 amide bonds. The molecule has 0 spiro atoms. The van der Waals surface area contributed by atoms with Gasteiger partial charge in [-0.3, -0.25) is 4.79 Å². The highest BCUT2D eigenvalue weighted by molar-refractivity contribution is 9.10. The predicted octanol–water partition coefficient (Wildman–Crippen LogP) is 5.22. The van der Waals surface area contributed by atoms with Crippen molar-refractivity contribution in [2.75, 3.05) is 5.32 Å². The van der Waals surface area contributed by atoms with Crippen molar-refractivity contribution in [1.82, 2.24) is 10.1 Å². The zero-order valence-electron chi connectivity index (χ0n) is 14.4. The Bertz CT molecular complexity index is 1080. The zero-order valence-corrected chi connectivity index (χ0v) is 15.9. The summed E-state index contributed by atoms with van der Waals surface area (Å²) in [4.78, 5) is 16.6. The van der Waals surface area contributed by atoms with Gasteiger partial charge in [0.2, 0.25) is 17.6 Å². The number of fused-ring (bicyclic) bond motifs is 1. The normalized spacial score (nSPS) is 10.9. The quantitative estimate of drug-likeness (QED) is 0.479. The van der Waals surface area contributed by atoms with Gasteiger partial charge in [0.1, 0.15) is 0 Å². The summed E-state index contributed by atoms with van der Waals surface area (Å²) in [5.41, 5.74) is 1.67. The molecule has 134 valence electrons. The lowest BCUT2D eigenvalue weighted by Crippen LogP contribution is -2.12. The van der Waals surface area contributed by atoms with Gasteiger partial charge in [-0.15, -0.1) is 0 Å². The minimum atomic E-state index is -0.0952. The third-order valence-electron chi connectivity index (χ3n) is 4.19. The highest BCUT2D eigenvalue weighted by Crippen LogP contribution is 2.26. The maximum atomic E-state index is 12.1. The molecule has 0 saturated heterocycles. The first-order valence-electron chi connectivity index (χ1n) is 8.55.